The highest BCUT2D eigenvalue weighted by Gasteiger charge is 2.51. The third-order valence-corrected chi connectivity index (χ3v) is 9.10. The first-order valence-corrected chi connectivity index (χ1v) is 18.7. The van der Waals surface area contributed by atoms with Crippen molar-refractivity contribution in [3.05, 3.63) is 182 Å². The number of nitrogens with zero attached hydrogens (tertiary/aromatic N) is 2. The van der Waals surface area contributed by atoms with Crippen molar-refractivity contribution in [1.82, 2.24) is 0 Å². The second-order valence-corrected chi connectivity index (χ2v) is 13.8. The minimum atomic E-state index is -1.52. The number of hydrogen-bond acceptors (Lipinski definition) is 12. The molecule has 302 valence electrons. The maximum absolute atomic E-state index is 13.5. The monoisotopic (exact) mass is 792 g/mol. The van der Waals surface area contributed by atoms with E-state index in [1.165, 1.54) is 0 Å². The molecule has 14 nitrogen and oxygen atoms in total. The van der Waals surface area contributed by atoms with Gasteiger partial charge in [0.05, 0.1) is 55.1 Å². The Labute approximate surface area is 335 Å². The Balaban J connectivity index is 1.45. The number of carbonyl (C=O) groups excluding carboxylic acids is 1. The van der Waals surface area contributed by atoms with Gasteiger partial charge in [-0.05, 0) is 36.1 Å². The van der Waals surface area contributed by atoms with E-state index >= 15 is 0 Å². The molecule has 5 aromatic carbocycles. The molecule has 0 amide bonds. The number of rotatable bonds is 19. The first-order valence-electron chi connectivity index (χ1n) is 18.7. The van der Waals surface area contributed by atoms with E-state index in [1.807, 2.05) is 121 Å². The van der Waals surface area contributed by atoms with E-state index < -0.39 is 75.3 Å². The number of non-ortho nitro benzene ring substituents is 1. The van der Waals surface area contributed by atoms with Gasteiger partial charge in [-0.25, -0.2) is 4.79 Å². The molecule has 0 N–H and O–H groups in total. The van der Waals surface area contributed by atoms with E-state index in [-0.39, 0.29) is 33.0 Å². The average Bonchev–Trinajstić information content (AvgIpc) is 3.23. The molecule has 6 rings (SSSR count). The van der Waals surface area contributed by atoms with E-state index in [4.69, 9.17) is 33.2 Å². The van der Waals surface area contributed by atoms with Gasteiger partial charge in [-0.15, -0.1) is 0 Å². The summed E-state index contributed by atoms with van der Waals surface area (Å²) in [5.74, 6) is -1.67. The van der Waals surface area contributed by atoms with Gasteiger partial charge in [0.25, 0.3) is 5.69 Å². The molecule has 1 aliphatic rings. The predicted molar refractivity (Wildman–Crippen MR) is 211 cm³/mol. The zero-order valence-corrected chi connectivity index (χ0v) is 32.0. The zero-order valence-electron chi connectivity index (χ0n) is 32.0. The van der Waals surface area contributed by atoms with Gasteiger partial charge in [-0.3, -0.25) is 20.2 Å². The number of hydrogen-bond donors (Lipinski definition) is 0. The lowest BCUT2D eigenvalue weighted by atomic mass is 9.97. The first-order chi connectivity index (χ1) is 28.2. The van der Waals surface area contributed by atoms with Crippen molar-refractivity contribution in [3.8, 4) is 5.75 Å². The Morgan fingerprint density at radius 1 is 0.638 bits per heavy atom. The smallest absolute Gasteiger partial charge is 0.342 e. The minimum absolute atomic E-state index is 0.0328. The number of benzene rings is 5. The van der Waals surface area contributed by atoms with Crippen LogP contribution in [0.4, 0.5) is 11.4 Å². The zero-order chi connectivity index (χ0) is 40.9. The van der Waals surface area contributed by atoms with E-state index in [9.17, 15) is 25.0 Å². The van der Waals surface area contributed by atoms with Crippen molar-refractivity contribution < 1.29 is 47.8 Å². The molecule has 0 aromatic heterocycles. The summed E-state index contributed by atoms with van der Waals surface area (Å²) in [5, 5.41) is 24.5. The van der Waals surface area contributed by atoms with Crippen molar-refractivity contribution in [2.75, 3.05) is 6.61 Å². The average molecular weight is 793 g/mol. The molecular formula is C44H44N2O12. The van der Waals surface area contributed by atoms with Gasteiger partial charge in [-0.2, -0.15) is 0 Å². The summed E-state index contributed by atoms with van der Waals surface area (Å²) in [6.07, 6.45) is -6.12. The van der Waals surface area contributed by atoms with Crippen molar-refractivity contribution in [1.29, 1.82) is 0 Å². The summed E-state index contributed by atoms with van der Waals surface area (Å²) >= 11 is 0. The fraction of sp³-hybridized carbons (Fsp3) is 0.295. The topological polar surface area (TPSA) is 168 Å². The van der Waals surface area contributed by atoms with E-state index in [0.717, 1.165) is 34.4 Å². The van der Waals surface area contributed by atoms with Crippen LogP contribution in [0.25, 0.3) is 0 Å². The highest BCUT2D eigenvalue weighted by Crippen LogP contribution is 2.40. The molecule has 1 heterocycles. The van der Waals surface area contributed by atoms with E-state index in [0.29, 0.717) is 0 Å². The maximum atomic E-state index is 13.5. The fourth-order valence-corrected chi connectivity index (χ4v) is 6.35. The lowest BCUT2D eigenvalue weighted by Gasteiger charge is -2.45. The molecular weight excluding hydrogens is 748 g/mol. The van der Waals surface area contributed by atoms with Crippen LogP contribution in [0.15, 0.2) is 133 Å². The SMILES string of the molecule is CC(C)OC(=O)c1cc([N+](=O)[O-])cc([N+](=O)[O-])c1O[C@H]1O[C@H](COCc2ccccc2)[C@@H](OCc2ccccc2)[C@H](OCc2ccccc2)[C@H]1OCc1ccccc1. The van der Waals surface area contributed by atoms with Crippen LogP contribution in [0.3, 0.4) is 0 Å². The lowest BCUT2D eigenvalue weighted by molar-refractivity contribution is -0.395. The molecule has 1 saturated heterocycles. The minimum Gasteiger partial charge on any atom is -0.459 e. The molecule has 0 bridgehead atoms. The third kappa shape index (κ3) is 11.3. The van der Waals surface area contributed by atoms with Gasteiger partial charge in [0.2, 0.25) is 12.0 Å². The standard InChI is InChI=1S/C44H44N2O12/c1-30(2)56-43(47)36-23-35(45(48)49)24-37(46(50)51)39(36)58-44-42(55-28-34-21-13-6-14-22-34)41(54-27-33-19-11-5-12-20-33)40(53-26-32-17-9-4-10-18-32)38(57-44)29-52-25-31-15-7-3-8-16-31/h3-24,30,38,40-42,44H,25-29H2,1-2H3/t38-,40-,41+,42-,44-/m1/s1. The van der Waals surface area contributed by atoms with Crippen molar-refractivity contribution in [2.45, 2.75) is 77.1 Å². The van der Waals surface area contributed by atoms with Crippen LogP contribution in [0.1, 0.15) is 46.5 Å². The van der Waals surface area contributed by atoms with E-state index in [2.05, 4.69) is 0 Å². The number of carbonyl (C=O) groups is 1. The molecule has 5 aromatic rings. The number of ether oxygens (including phenoxy) is 7. The Hall–Kier alpha value is -6.03. The van der Waals surface area contributed by atoms with Gasteiger partial charge in [0.15, 0.2) is 0 Å². The summed E-state index contributed by atoms with van der Waals surface area (Å²) < 4.78 is 44.6. The molecule has 0 unspecified atom stereocenters. The quantitative estimate of drug-likeness (QED) is 0.0448. The van der Waals surface area contributed by atoms with Gasteiger partial charge < -0.3 is 33.2 Å². The normalized spacial score (nSPS) is 19.1. The molecule has 0 radical (unpaired) electrons. The summed E-state index contributed by atoms with van der Waals surface area (Å²) in [5.41, 5.74) is 1.32. The molecule has 0 saturated carbocycles. The van der Waals surface area contributed by atoms with Gasteiger partial charge >= 0.3 is 11.7 Å². The van der Waals surface area contributed by atoms with Crippen LogP contribution < -0.4 is 4.74 Å². The van der Waals surface area contributed by atoms with Crippen LogP contribution in [-0.2, 0) is 54.8 Å². The number of esters is 1. The molecule has 1 fully saturated rings. The molecule has 14 heteroatoms. The Morgan fingerprint density at radius 2 is 1.10 bits per heavy atom. The molecule has 0 spiro atoms. The van der Waals surface area contributed by atoms with Crippen molar-refractivity contribution in [2.24, 2.45) is 0 Å². The Morgan fingerprint density at radius 3 is 1.57 bits per heavy atom. The molecule has 58 heavy (non-hydrogen) atoms. The summed E-state index contributed by atoms with van der Waals surface area (Å²) in [4.78, 5) is 36.3. The number of nitro groups is 2. The second-order valence-electron chi connectivity index (χ2n) is 13.8. The van der Waals surface area contributed by atoms with Crippen LogP contribution in [-0.4, -0.2) is 59.2 Å². The van der Waals surface area contributed by atoms with Crippen molar-refractivity contribution in [3.63, 3.8) is 0 Å². The molecule has 5 atom stereocenters. The molecule has 0 aliphatic carbocycles. The highest BCUT2D eigenvalue weighted by atomic mass is 16.7. The molecule has 1 aliphatic heterocycles. The summed E-state index contributed by atoms with van der Waals surface area (Å²) in [7, 11) is 0. The lowest BCUT2D eigenvalue weighted by Crippen LogP contribution is -2.62. The van der Waals surface area contributed by atoms with Crippen LogP contribution in [0.5, 0.6) is 5.75 Å². The first kappa shape index (κ1) is 41.6. The van der Waals surface area contributed by atoms with Crippen LogP contribution in [0.2, 0.25) is 0 Å². The van der Waals surface area contributed by atoms with Gasteiger partial charge in [-0.1, -0.05) is 121 Å². The van der Waals surface area contributed by atoms with Gasteiger partial charge in [0.1, 0.15) is 30.0 Å². The van der Waals surface area contributed by atoms with Gasteiger partial charge in [0, 0.05) is 6.07 Å². The Bertz CT molecular complexity index is 2090. The fourth-order valence-electron chi connectivity index (χ4n) is 6.35. The van der Waals surface area contributed by atoms with Crippen LogP contribution in [0, 0.1) is 20.2 Å². The second kappa shape index (κ2) is 20.4. The largest absolute Gasteiger partial charge is 0.459 e. The van der Waals surface area contributed by atoms with E-state index in [1.54, 1.807) is 13.8 Å². The van der Waals surface area contributed by atoms with Crippen molar-refractivity contribution >= 4 is 17.3 Å². The number of nitro benzene ring substituents is 2. The summed E-state index contributed by atoms with van der Waals surface area (Å²) in [6, 6.07) is 39.4. The highest BCUT2D eigenvalue weighted by molar-refractivity contribution is 5.95. The third-order valence-electron chi connectivity index (χ3n) is 9.10. The predicted octanol–water partition coefficient (Wildman–Crippen LogP) is 8.14. The van der Waals surface area contributed by atoms with Crippen LogP contribution >= 0.6 is 0 Å². The maximum Gasteiger partial charge on any atom is 0.342 e. The Kier molecular flexibility index (Phi) is 14.6. The summed E-state index contributed by atoms with van der Waals surface area (Å²) in [6.45, 7) is 3.63.